The molecule has 0 aliphatic carbocycles. The Kier molecular flexibility index (Phi) is 4.53. The molecule has 0 spiro atoms. The van der Waals surface area contributed by atoms with Crippen molar-refractivity contribution in [2.45, 2.75) is 18.6 Å². The number of likely N-dealkylation sites (N-methyl/N-ethyl adjacent to an activating group) is 2. The average Bonchev–Trinajstić information content (AvgIpc) is 2.14. The van der Waals surface area contributed by atoms with E-state index < -0.39 is 30.1 Å². The summed E-state index contributed by atoms with van der Waals surface area (Å²) in [6, 6.07) is 0. The molecule has 0 saturated carbocycles. The third kappa shape index (κ3) is 3.58. The van der Waals surface area contributed by atoms with Crippen LogP contribution in [-0.4, -0.2) is 61.0 Å². The molecule has 100 valence electrons. The first kappa shape index (κ1) is 15.7. The quantitative estimate of drug-likeness (QED) is 0.760. The summed E-state index contributed by atoms with van der Waals surface area (Å²) in [7, 11) is 3.97. The fourth-order valence-corrected chi connectivity index (χ4v) is 0.934. The number of hydrogen-bond donors (Lipinski definition) is 1. The maximum Gasteiger partial charge on any atom is 0.415 e. The number of amides is 2. The molecule has 0 radical (unpaired) electrons. The second-order valence-corrected chi connectivity index (χ2v) is 4.15. The number of nitrogens with two attached hydrogens (primary N) is 1. The highest BCUT2D eigenvalue weighted by atomic mass is 19.4. The van der Waals surface area contributed by atoms with Crippen molar-refractivity contribution in [3.8, 4) is 0 Å². The van der Waals surface area contributed by atoms with Gasteiger partial charge in [-0.05, 0) is 6.92 Å². The molecule has 0 bridgehead atoms. The number of rotatable bonds is 3. The van der Waals surface area contributed by atoms with E-state index in [9.17, 15) is 22.8 Å². The van der Waals surface area contributed by atoms with Crippen LogP contribution in [0.4, 0.5) is 13.2 Å². The van der Waals surface area contributed by atoms with Gasteiger partial charge in [0.2, 0.25) is 5.91 Å². The molecule has 2 N–H and O–H groups in total. The summed E-state index contributed by atoms with van der Waals surface area (Å²) in [5.41, 5.74) is 1.96. The average molecular weight is 255 g/mol. The zero-order chi connectivity index (χ0) is 14.0. The van der Waals surface area contributed by atoms with Crippen molar-refractivity contribution < 1.29 is 22.8 Å². The second-order valence-electron chi connectivity index (χ2n) is 4.15. The van der Waals surface area contributed by atoms with E-state index in [1.807, 2.05) is 0 Å². The Morgan fingerprint density at radius 3 is 1.88 bits per heavy atom. The molecule has 1 atom stereocenters. The number of alkyl halides is 3. The Bertz CT molecular complexity index is 313. The van der Waals surface area contributed by atoms with Crippen LogP contribution in [0.5, 0.6) is 0 Å². The van der Waals surface area contributed by atoms with Gasteiger partial charge in [0.1, 0.15) is 0 Å². The maximum atomic E-state index is 12.5. The molecule has 0 aromatic carbocycles. The minimum absolute atomic E-state index is 0.450. The van der Waals surface area contributed by atoms with Gasteiger partial charge in [0.05, 0.1) is 6.54 Å². The largest absolute Gasteiger partial charge is 0.415 e. The van der Waals surface area contributed by atoms with Gasteiger partial charge in [-0.2, -0.15) is 13.2 Å². The van der Waals surface area contributed by atoms with E-state index in [-0.39, 0.29) is 0 Å². The number of carbonyl (C=O) groups excluding carboxylic acids is 2. The molecule has 1 unspecified atom stereocenters. The van der Waals surface area contributed by atoms with Crippen molar-refractivity contribution in [3.05, 3.63) is 0 Å². The van der Waals surface area contributed by atoms with Crippen LogP contribution in [0.1, 0.15) is 6.92 Å². The van der Waals surface area contributed by atoms with Crippen LogP contribution in [-0.2, 0) is 9.59 Å². The molecule has 0 aliphatic rings. The van der Waals surface area contributed by atoms with Crippen LogP contribution < -0.4 is 5.73 Å². The van der Waals surface area contributed by atoms with E-state index in [0.717, 1.165) is 7.05 Å². The summed E-state index contributed by atoms with van der Waals surface area (Å²) < 4.78 is 37.4. The van der Waals surface area contributed by atoms with Crippen LogP contribution in [0.3, 0.4) is 0 Å². The molecule has 0 saturated heterocycles. The molecule has 5 nitrogen and oxygen atoms in total. The number of carbonyl (C=O) groups is 2. The predicted molar refractivity (Wildman–Crippen MR) is 55.0 cm³/mol. The van der Waals surface area contributed by atoms with E-state index in [2.05, 4.69) is 0 Å². The fraction of sp³-hybridized carbons (Fsp3) is 0.778. The second kappa shape index (κ2) is 4.91. The molecule has 0 fully saturated rings. The normalized spacial score (nSPS) is 15.1. The molecule has 8 heteroatoms. The van der Waals surface area contributed by atoms with E-state index in [1.54, 1.807) is 0 Å². The molecule has 17 heavy (non-hydrogen) atoms. The Labute approximate surface area is 97.3 Å². The van der Waals surface area contributed by atoms with E-state index in [4.69, 9.17) is 5.73 Å². The van der Waals surface area contributed by atoms with Crippen molar-refractivity contribution in [1.82, 2.24) is 9.80 Å². The van der Waals surface area contributed by atoms with Gasteiger partial charge in [-0.25, -0.2) is 0 Å². The zero-order valence-electron chi connectivity index (χ0n) is 10.1. The van der Waals surface area contributed by atoms with Crippen LogP contribution in [0.2, 0.25) is 0 Å². The van der Waals surface area contributed by atoms with E-state index >= 15 is 0 Å². The van der Waals surface area contributed by atoms with Gasteiger partial charge in [0.15, 0.2) is 5.54 Å². The number of hydrogen-bond acceptors (Lipinski definition) is 3. The first-order chi connectivity index (χ1) is 7.41. The smallest absolute Gasteiger partial charge is 0.347 e. The molecule has 0 aliphatic heterocycles. The van der Waals surface area contributed by atoms with Crippen molar-refractivity contribution in [1.29, 1.82) is 0 Å². The summed E-state index contributed by atoms with van der Waals surface area (Å²) >= 11 is 0. The third-order valence-electron chi connectivity index (χ3n) is 2.25. The minimum atomic E-state index is -4.86. The Morgan fingerprint density at radius 2 is 1.59 bits per heavy atom. The lowest BCUT2D eigenvalue weighted by Crippen LogP contribution is -2.62. The molecular weight excluding hydrogens is 239 g/mol. The standard InChI is InChI=1S/C9H16F3N3O2/c1-8(13,9(10,11)12)7(17)15(4)5-6(16)14(2)3/h5,13H2,1-4H3. The van der Waals surface area contributed by atoms with Crippen molar-refractivity contribution >= 4 is 11.8 Å². The maximum absolute atomic E-state index is 12.5. The van der Waals surface area contributed by atoms with Crippen molar-refractivity contribution in [3.63, 3.8) is 0 Å². The SMILES string of the molecule is CN(C)C(=O)CN(C)C(=O)C(C)(N)C(F)(F)F. The summed E-state index contributed by atoms with van der Waals surface area (Å²) in [6.45, 7) is 0.126. The van der Waals surface area contributed by atoms with Crippen LogP contribution in [0.15, 0.2) is 0 Å². The molecule has 0 aromatic heterocycles. The van der Waals surface area contributed by atoms with Gasteiger partial charge in [0, 0.05) is 21.1 Å². The minimum Gasteiger partial charge on any atom is -0.347 e. The van der Waals surface area contributed by atoms with Gasteiger partial charge in [-0.1, -0.05) is 0 Å². The summed E-state index contributed by atoms with van der Waals surface area (Å²) in [6.07, 6.45) is -4.86. The summed E-state index contributed by atoms with van der Waals surface area (Å²) in [5, 5.41) is 0. The summed E-state index contributed by atoms with van der Waals surface area (Å²) in [5.74, 6) is -1.83. The first-order valence-electron chi connectivity index (χ1n) is 4.72. The lowest BCUT2D eigenvalue weighted by molar-refractivity contribution is -0.193. The van der Waals surface area contributed by atoms with Crippen LogP contribution >= 0.6 is 0 Å². The highest BCUT2D eigenvalue weighted by Crippen LogP contribution is 2.29. The van der Waals surface area contributed by atoms with E-state index in [1.165, 1.54) is 19.0 Å². The number of nitrogens with zero attached hydrogens (tertiary/aromatic N) is 2. The lowest BCUT2D eigenvalue weighted by Gasteiger charge is -2.30. The predicted octanol–water partition coefficient (Wildman–Crippen LogP) is -0.187. The van der Waals surface area contributed by atoms with Crippen molar-refractivity contribution in [2.75, 3.05) is 27.7 Å². The van der Waals surface area contributed by atoms with Crippen LogP contribution in [0, 0.1) is 0 Å². The monoisotopic (exact) mass is 255 g/mol. The van der Waals surface area contributed by atoms with Crippen LogP contribution in [0.25, 0.3) is 0 Å². The zero-order valence-corrected chi connectivity index (χ0v) is 10.1. The summed E-state index contributed by atoms with van der Waals surface area (Å²) in [4.78, 5) is 24.6. The third-order valence-corrected chi connectivity index (χ3v) is 2.25. The van der Waals surface area contributed by atoms with Gasteiger partial charge >= 0.3 is 6.18 Å². The Hall–Kier alpha value is -1.31. The van der Waals surface area contributed by atoms with Crippen molar-refractivity contribution in [2.24, 2.45) is 5.73 Å². The molecule has 0 heterocycles. The number of halogens is 3. The van der Waals surface area contributed by atoms with Gasteiger partial charge < -0.3 is 15.5 Å². The topological polar surface area (TPSA) is 66.6 Å². The highest BCUT2D eigenvalue weighted by molar-refractivity contribution is 5.90. The lowest BCUT2D eigenvalue weighted by atomic mass is 10.0. The van der Waals surface area contributed by atoms with Gasteiger partial charge in [-0.15, -0.1) is 0 Å². The highest BCUT2D eigenvalue weighted by Gasteiger charge is 2.55. The molecule has 0 rings (SSSR count). The molecule has 2 amide bonds. The fourth-order valence-electron chi connectivity index (χ4n) is 0.934. The van der Waals surface area contributed by atoms with Gasteiger partial charge in [-0.3, -0.25) is 9.59 Å². The Morgan fingerprint density at radius 1 is 1.18 bits per heavy atom. The van der Waals surface area contributed by atoms with Gasteiger partial charge in [0.25, 0.3) is 5.91 Å². The molecular formula is C9H16F3N3O2. The first-order valence-corrected chi connectivity index (χ1v) is 4.72. The van der Waals surface area contributed by atoms with E-state index in [0.29, 0.717) is 11.8 Å². The Balaban J connectivity index is 4.78. The molecule has 0 aromatic rings.